The predicted octanol–water partition coefficient (Wildman–Crippen LogP) is 3.38. The van der Waals surface area contributed by atoms with E-state index in [9.17, 15) is 19.2 Å². The lowest BCUT2D eigenvalue weighted by Gasteiger charge is -2.13. The molecule has 2 amide bonds. The van der Waals surface area contributed by atoms with Gasteiger partial charge in [0.15, 0.2) is 0 Å². The number of hydrogen-bond acceptors (Lipinski definition) is 7. The van der Waals surface area contributed by atoms with E-state index in [0.29, 0.717) is 29.8 Å². The average Bonchev–Trinajstić information content (AvgIpc) is 3.09. The summed E-state index contributed by atoms with van der Waals surface area (Å²) in [5.41, 5.74) is 2.68. The van der Waals surface area contributed by atoms with Crippen LogP contribution in [0.15, 0.2) is 42.5 Å². The van der Waals surface area contributed by atoms with E-state index in [2.05, 4.69) is 0 Å². The number of benzene rings is 2. The fourth-order valence-corrected chi connectivity index (χ4v) is 3.75. The van der Waals surface area contributed by atoms with Crippen molar-refractivity contribution in [2.45, 2.75) is 26.7 Å². The minimum Gasteiger partial charge on any atom is -0.495 e. The van der Waals surface area contributed by atoms with Gasteiger partial charge in [0.25, 0.3) is 5.91 Å². The van der Waals surface area contributed by atoms with Gasteiger partial charge in [0.05, 0.1) is 37.7 Å². The van der Waals surface area contributed by atoms with Gasteiger partial charge in [0, 0.05) is 24.5 Å². The minimum atomic E-state index is -0.576. The molecule has 0 spiro atoms. The maximum Gasteiger partial charge on any atom is 0.337 e. The van der Waals surface area contributed by atoms with Gasteiger partial charge in [0.2, 0.25) is 5.91 Å². The van der Waals surface area contributed by atoms with E-state index >= 15 is 0 Å². The molecule has 1 aliphatic heterocycles. The van der Waals surface area contributed by atoms with Crippen LogP contribution in [0.3, 0.4) is 0 Å². The lowest BCUT2D eigenvalue weighted by atomic mass is 9.98. The molecule has 0 N–H and O–H groups in total. The van der Waals surface area contributed by atoms with Crippen molar-refractivity contribution >= 4 is 40.8 Å². The highest BCUT2D eigenvalue weighted by molar-refractivity contribution is 6.43. The number of methoxy groups -OCH3 is 2. The Kier molecular flexibility index (Phi) is 7.27. The number of aryl methyl sites for hydroxylation is 1. The fraction of sp³-hybridized carbons (Fsp3) is 0.280. The quantitative estimate of drug-likeness (QED) is 0.361. The maximum atomic E-state index is 13.3. The van der Waals surface area contributed by atoms with E-state index in [-0.39, 0.29) is 29.3 Å². The molecular formula is C25H25NO7. The maximum absolute atomic E-state index is 13.3. The summed E-state index contributed by atoms with van der Waals surface area (Å²) in [7, 11) is 2.70. The topological polar surface area (TPSA) is 99.2 Å². The number of anilines is 1. The summed E-state index contributed by atoms with van der Waals surface area (Å²) in [5.74, 6) is -1.61. The molecule has 0 saturated carbocycles. The van der Waals surface area contributed by atoms with Gasteiger partial charge in [-0.2, -0.15) is 0 Å². The summed E-state index contributed by atoms with van der Waals surface area (Å²) in [6.07, 6.45) is 0.692. The van der Waals surface area contributed by atoms with E-state index < -0.39 is 17.8 Å². The number of nitrogens with zero attached hydrogens (tertiary/aromatic N) is 1. The van der Waals surface area contributed by atoms with Crippen molar-refractivity contribution in [3.63, 3.8) is 0 Å². The Morgan fingerprint density at radius 3 is 2.36 bits per heavy atom. The second-order valence-corrected chi connectivity index (χ2v) is 7.30. The zero-order valence-corrected chi connectivity index (χ0v) is 19.0. The summed E-state index contributed by atoms with van der Waals surface area (Å²) in [4.78, 5) is 50.3. The van der Waals surface area contributed by atoms with Crippen LogP contribution in [0.2, 0.25) is 0 Å². The second kappa shape index (κ2) is 10.1. The fourth-order valence-electron chi connectivity index (χ4n) is 3.75. The van der Waals surface area contributed by atoms with Gasteiger partial charge in [-0.05, 0) is 37.1 Å². The molecule has 0 unspecified atom stereocenters. The monoisotopic (exact) mass is 451 g/mol. The first-order valence-electron chi connectivity index (χ1n) is 10.4. The zero-order valence-electron chi connectivity index (χ0n) is 19.0. The Bertz CT molecular complexity index is 1150. The molecule has 8 nitrogen and oxygen atoms in total. The molecule has 2 aromatic carbocycles. The van der Waals surface area contributed by atoms with Gasteiger partial charge in [0.1, 0.15) is 5.76 Å². The molecule has 0 bridgehead atoms. The molecule has 0 radical (unpaired) electrons. The number of carbonyl (C=O) groups is 4. The van der Waals surface area contributed by atoms with Gasteiger partial charge in [-0.15, -0.1) is 0 Å². The van der Waals surface area contributed by atoms with Gasteiger partial charge in [-0.25, -0.2) is 9.69 Å². The van der Waals surface area contributed by atoms with Gasteiger partial charge in [-0.1, -0.05) is 24.3 Å². The summed E-state index contributed by atoms with van der Waals surface area (Å²) in [6.45, 7) is 3.35. The van der Waals surface area contributed by atoms with Crippen LogP contribution in [-0.4, -0.2) is 44.6 Å². The molecule has 0 aromatic heterocycles. The number of imide groups is 1. The highest BCUT2D eigenvalue weighted by atomic mass is 16.5. The Morgan fingerprint density at radius 1 is 0.970 bits per heavy atom. The molecule has 1 aliphatic rings. The first kappa shape index (κ1) is 23.7. The third kappa shape index (κ3) is 4.79. The molecule has 8 heteroatoms. The van der Waals surface area contributed by atoms with E-state index in [1.807, 2.05) is 12.1 Å². The Balaban J connectivity index is 2.08. The predicted molar refractivity (Wildman–Crippen MR) is 121 cm³/mol. The van der Waals surface area contributed by atoms with Crippen molar-refractivity contribution in [3.05, 3.63) is 64.7 Å². The standard InChI is InChI=1S/C25H25NO7/c1-5-33-21(28)12-9-16-7-6-8-17(13-16)23(31-3)22-19-11-10-18(25(30)32-4)14-20(19)26(15(2)27)24(22)29/h6-8,10-11,13-14H,5,9,12H2,1-4H3. The van der Waals surface area contributed by atoms with Crippen LogP contribution < -0.4 is 4.90 Å². The number of esters is 2. The number of carbonyl (C=O) groups excluding carboxylic acids is 4. The number of fused-ring (bicyclic) bond motifs is 1. The molecular weight excluding hydrogens is 426 g/mol. The second-order valence-electron chi connectivity index (χ2n) is 7.30. The average molecular weight is 451 g/mol. The molecule has 3 rings (SSSR count). The van der Waals surface area contributed by atoms with Crippen LogP contribution in [0.5, 0.6) is 0 Å². The van der Waals surface area contributed by atoms with Crippen LogP contribution in [-0.2, 0) is 35.0 Å². The van der Waals surface area contributed by atoms with Crippen molar-refractivity contribution in [2.24, 2.45) is 0 Å². The van der Waals surface area contributed by atoms with Crippen molar-refractivity contribution in [1.29, 1.82) is 0 Å². The molecule has 0 fully saturated rings. The lowest BCUT2D eigenvalue weighted by molar-refractivity contribution is -0.143. The summed E-state index contributed by atoms with van der Waals surface area (Å²) in [6, 6.07) is 11.9. The molecule has 0 aliphatic carbocycles. The van der Waals surface area contributed by atoms with Crippen LogP contribution in [0.4, 0.5) is 5.69 Å². The van der Waals surface area contributed by atoms with Crippen LogP contribution in [0.1, 0.15) is 47.3 Å². The molecule has 0 saturated heterocycles. The minimum absolute atomic E-state index is 0.210. The molecule has 0 atom stereocenters. The van der Waals surface area contributed by atoms with E-state index in [0.717, 1.165) is 10.5 Å². The first-order valence-corrected chi connectivity index (χ1v) is 10.4. The summed E-state index contributed by atoms with van der Waals surface area (Å²) in [5, 5.41) is 0. The molecule has 1 heterocycles. The van der Waals surface area contributed by atoms with E-state index in [4.69, 9.17) is 14.2 Å². The zero-order chi connectivity index (χ0) is 24.1. The van der Waals surface area contributed by atoms with Crippen LogP contribution in [0.25, 0.3) is 11.3 Å². The third-order valence-corrected chi connectivity index (χ3v) is 5.20. The summed E-state index contributed by atoms with van der Waals surface area (Å²) < 4.78 is 15.4. The van der Waals surface area contributed by atoms with Crippen molar-refractivity contribution in [1.82, 2.24) is 0 Å². The van der Waals surface area contributed by atoms with Crippen LogP contribution >= 0.6 is 0 Å². The van der Waals surface area contributed by atoms with Crippen molar-refractivity contribution < 1.29 is 33.4 Å². The lowest BCUT2D eigenvalue weighted by Crippen LogP contribution is -2.31. The largest absolute Gasteiger partial charge is 0.495 e. The van der Waals surface area contributed by atoms with Gasteiger partial charge >= 0.3 is 11.9 Å². The SMILES string of the molecule is CCOC(=O)CCc1cccc(C(OC)=C2C(=O)N(C(C)=O)c3cc(C(=O)OC)ccc32)c1. The van der Waals surface area contributed by atoms with Crippen LogP contribution in [0, 0.1) is 0 Å². The Hall–Kier alpha value is -3.94. The normalized spacial score (nSPS) is 13.9. The van der Waals surface area contributed by atoms with Gasteiger partial charge in [-0.3, -0.25) is 14.4 Å². The van der Waals surface area contributed by atoms with Crippen molar-refractivity contribution in [2.75, 3.05) is 25.7 Å². The van der Waals surface area contributed by atoms with E-state index in [1.165, 1.54) is 33.3 Å². The Labute approximate surface area is 191 Å². The van der Waals surface area contributed by atoms with Gasteiger partial charge < -0.3 is 14.2 Å². The summed E-state index contributed by atoms with van der Waals surface area (Å²) >= 11 is 0. The molecule has 33 heavy (non-hydrogen) atoms. The highest BCUT2D eigenvalue weighted by Crippen LogP contribution is 2.42. The highest BCUT2D eigenvalue weighted by Gasteiger charge is 2.38. The first-order chi connectivity index (χ1) is 15.8. The number of rotatable bonds is 7. The number of amides is 2. The molecule has 2 aromatic rings. The number of ether oxygens (including phenoxy) is 3. The smallest absolute Gasteiger partial charge is 0.337 e. The van der Waals surface area contributed by atoms with E-state index in [1.54, 1.807) is 25.1 Å². The molecule has 172 valence electrons. The third-order valence-electron chi connectivity index (χ3n) is 5.20. The Morgan fingerprint density at radius 2 is 1.73 bits per heavy atom. The number of hydrogen-bond donors (Lipinski definition) is 0. The van der Waals surface area contributed by atoms with Crippen molar-refractivity contribution in [3.8, 4) is 0 Å².